The average Bonchev–Trinajstić information content (AvgIpc) is 2.67. The van der Waals surface area contributed by atoms with Crippen LogP contribution in [0.5, 0.6) is 5.75 Å². The third kappa shape index (κ3) is 4.00. The Morgan fingerprint density at radius 2 is 1.88 bits per heavy atom. The summed E-state index contributed by atoms with van der Waals surface area (Å²) < 4.78 is 6.44. The molecule has 0 aliphatic carbocycles. The van der Waals surface area contributed by atoms with Crippen molar-refractivity contribution >= 4 is 38.8 Å². The number of nitrogens with one attached hydrogen (secondary N) is 1. The molecular formula is C21H17BrN2O2. The SMILES string of the molecule is C=CCOc1ccc2ccccc2c1/C=N\NC(=O)c1ccccc1Br. The number of carbonyl (C=O) groups is 1. The van der Waals surface area contributed by atoms with Crippen molar-refractivity contribution in [3.63, 3.8) is 0 Å². The second-order valence-electron chi connectivity index (χ2n) is 5.48. The largest absolute Gasteiger partial charge is 0.489 e. The van der Waals surface area contributed by atoms with Crippen LogP contribution >= 0.6 is 15.9 Å². The van der Waals surface area contributed by atoms with Crippen molar-refractivity contribution in [3.05, 3.63) is 88.9 Å². The van der Waals surface area contributed by atoms with Crippen molar-refractivity contribution < 1.29 is 9.53 Å². The molecule has 0 atom stereocenters. The molecule has 0 radical (unpaired) electrons. The maximum absolute atomic E-state index is 12.3. The van der Waals surface area contributed by atoms with Crippen molar-refractivity contribution in [1.82, 2.24) is 5.43 Å². The van der Waals surface area contributed by atoms with E-state index in [-0.39, 0.29) is 5.91 Å². The lowest BCUT2D eigenvalue weighted by Crippen LogP contribution is -2.18. The molecule has 26 heavy (non-hydrogen) atoms. The van der Waals surface area contributed by atoms with Crippen LogP contribution in [0.3, 0.4) is 0 Å². The van der Waals surface area contributed by atoms with Gasteiger partial charge in [-0.2, -0.15) is 5.10 Å². The van der Waals surface area contributed by atoms with E-state index < -0.39 is 0 Å². The van der Waals surface area contributed by atoms with Gasteiger partial charge in [0.25, 0.3) is 5.91 Å². The Kier molecular flexibility index (Phi) is 5.81. The molecule has 1 N–H and O–H groups in total. The molecule has 130 valence electrons. The third-order valence-electron chi connectivity index (χ3n) is 3.77. The van der Waals surface area contributed by atoms with Crippen molar-refractivity contribution in [2.75, 3.05) is 6.61 Å². The number of halogens is 1. The molecule has 3 rings (SSSR count). The second-order valence-corrected chi connectivity index (χ2v) is 6.33. The monoisotopic (exact) mass is 408 g/mol. The summed E-state index contributed by atoms with van der Waals surface area (Å²) in [6.07, 6.45) is 3.29. The Morgan fingerprint density at radius 3 is 2.69 bits per heavy atom. The molecular weight excluding hydrogens is 392 g/mol. The fourth-order valence-corrected chi connectivity index (χ4v) is 3.01. The molecule has 0 saturated heterocycles. The average molecular weight is 409 g/mol. The number of hydrogen-bond donors (Lipinski definition) is 1. The van der Waals surface area contributed by atoms with E-state index in [4.69, 9.17) is 4.74 Å². The first-order valence-electron chi connectivity index (χ1n) is 8.04. The number of benzene rings is 3. The van der Waals surface area contributed by atoms with Gasteiger partial charge in [-0.25, -0.2) is 5.43 Å². The molecule has 0 bridgehead atoms. The molecule has 0 aliphatic rings. The molecule has 1 amide bonds. The minimum absolute atomic E-state index is 0.289. The number of rotatable bonds is 6. The highest BCUT2D eigenvalue weighted by Crippen LogP contribution is 2.26. The summed E-state index contributed by atoms with van der Waals surface area (Å²) in [7, 11) is 0. The number of amides is 1. The summed E-state index contributed by atoms with van der Waals surface area (Å²) in [5.41, 5.74) is 3.88. The van der Waals surface area contributed by atoms with E-state index in [1.54, 1.807) is 24.4 Å². The van der Waals surface area contributed by atoms with Crippen LogP contribution in [0.25, 0.3) is 10.8 Å². The van der Waals surface area contributed by atoms with Gasteiger partial charge in [-0.15, -0.1) is 0 Å². The molecule has 3 aromatic carbocycles. The van der Waals surface area contributed by atoms with Gasteiger partial charge < -0.3 is 4.74 Å². The van der Waals surface area contributed by atoms with Gasteiger partial charge in [0.1, 0.15) is 12.4 Å². The minimum atomic E-state index is -0.289. The van der Waals surface area contributed by atoms with Gasteiger partial charge in [0.2, 0.25) is 0 Å². The van der Waals surface area contributed by atoms with E-state index in [1.807, 2.05) is 48.5 Å². The predicted octanol–water partition coefficient (Wildman–Crippen LogP) is 4.93. The van der Waals surface area contributed by atoms with Gasteiger partial charge in [0.05, 0.1) is 11.8 Å². The molecule has 0 aliphatic heterocycles. The molecule has 0 saturated carbocycles. The van der Waals surface area contributed by atoms with Crippen LogP contribution in [0.1, 0.15) is 15.9 Å². The van der Waals surface area contributed by atoms with Crippen LogP contribution in [0.2, 0.25) is 0 Å². The number of carbonyl (C=O) groups excluding carboxylic acids is 1. The van der Waals surface area contributed by atoms with Gasteiger partial charge in [-0.1, -0.05) is 55.1 Å². The predicted molar refractivity (Wildman–Crippen MR) is 109 cm³/mol. The summed E-state index contributed by atoms with van der Waals surface area (Å²) in [6, 6.07) is 19.0. The fourth-order valence-electron chi connectivity index (χ4n) is 2.54. The number of hydrogen-bond acceptors (Lipinski definition) is 3. The van der Waals surface area contributed by atoms with Gasteiger partial charge in [-0.3, -0.25) is 4.79 Å². The lowest BCUT2D eigenvalue weighted by atomic mass is 10.0. The first-order chi connectivity index (χ1) is 12.7. The zero-order chi connectivity index (χ0) is 18.4. The van der Waals surface area contributed by atoms with Crippen LogP contribution in [0.4, 0.5) is 0 Å². The van der Waals surface area contributed by atoms with Gasteiger partial charge in [0.15, 0.2) is 0 Å². The molecule has 0 spiro atoms. The van der Waals surface area contributed by atoms with E-state index in [0.717, 1.165) is 16.3 Å². The van der Waals surface area contributed by atoms with Crippen molar-refractivity contribution in [2.45, 2.75) is 0 Å². The normalized spacial score (nSPS) is 10.8. The van der Waals surface area contributed by atoms with E-state index >= 15 is 0 Å². The Labute approximate surface area is 160 Å². The number of fused-ring (bicyclic) bond motifs is 1. The second kappa shape index (κ2) is 8.45. The standard InChI is InChI=1S/C21H17BrN2O2/c1-2-13-26-20-12-11-15-7-3-4-8-16(15)18(20)14-23-24-21(25)17-9-5-6-10-19(17)22/h2-12,14H,1,13H2,(H,24,25)/b23-14-. The van der Waals surface area contributed by atoms with Crippen LogP contribution in [-0.2, 0) is 0 Å². The maximum Gasteiger partial charge on any atom is 0.272 e. The Morgan fingerprint density at radius 1 is 1.12 bits per heavy atom. The van der Waals surface area contributed by atoms with Crippen molar-refractivity contribution in [1.29, 1.82) is 0 Å². The van der Waals surface area contributed by atoms with Crippen LogP contribution in [0, 0.1) is 0 Å². The summed E-state index contributed by atoms with van der Waals surface area (Å²) in [5.74, 6) is 0.394. The zero-order valence-electron chi connectivity index (χ0n) is 14.0. The van der Waals surface area contributed by atoms with Crippen molar-refractivity contribution in [2.24, 2.45) is 5.10 Å². The van der Waals surface area contributed by atoms with E-state index in [1.165, 1.54) is 0 Å². The highest BCUT2D eigenvalue weighted by molar-refractivity contribution is 9.10. The van der Waals surface area contributed by atoms with E-state index in [0.29, 0.717) is 22.4 Å². The quantitative estimate of drug-likeness (QED) is 0.357. The molecule has 0 unspecified atom stereocenters. The minimum Gasteiger partial charge on any atom is -0.489 e. The summed E-state index contributed by atoms with van der Waals surface area (Å²) in [6.45, 7) is 4.07. The highest BCUT2D eigenvalue weighted by Gasteiger charge is 2.09. The van der Waals surface area contributed by atoms with E-state index in [9.17, 15) is 4.79 Å². The van der Waals surface area contributed by atoms with Gasteiger partial charge in [0, 0.05) is 10.0 Å². The van der Waals surface area contributed by atoms with Crippen LogP contribution in [-0.4, -0.2) is 18.7 Å². The third-order valence-corrected chi connectivity index (χ3v) is 4.46. The Balaban J connectivity index is 1.89. The maximum atomic E-state index is 12.3. The first kappa shape index (κ1) is 17.9. The lowest BCUT2D eigenvalue weighted by Gasteiger charge is -2.10. The smallest absolute Gasteiger partial charge is 0.272 e. The fraction of sp³-hybridized carbons (Fsp3) is 0.0476. The molecule has 0 fully saturated rings. The molecule has 0 aromatic heterocycles. The molecule has 3 aromatic rings. The van der Waals surface area contributed by atoms with Crippen LogP contribution in [0.15, 0.2) is 82.9 Å². The topological polar surface area (TPSA) is 50.7 Å². The van der Waals surface area contributed by atoms with Gasteiger partial charge in [-0.05, 0) is 44.9 Å². The molecule has 4 nitrogen and oxygen atoms in total. The zero-order valence-corrected chi connectivity index (χ0v) is 15.6. The Hall–Kier alpha value is -2.92. The summed E-state index contributed by atoms with van der Waals surface area (Å²) in [5, 5.41) is 6.19. The van der Waals surface area contributed by atoms with E-state index in [2.05, 4.69) is 33.0 Å². The first-order valence-corrected chi connectivity index (χ1v) is 8.83. The number of nitrogens with zero attached hydrogens (tertiary/aromatic N) is 1. The van der Waals surface area contributed by atoms with Gasteiger partial charge >= 0.3 is 0 Å². The summed E-state index contributed by atoms with van der Waals surface area (Å²) >= 11 is 3.36. The number of ether oxygens (including phenoxy) is 1. The number of hydrazone groups is 1. The van der Waals surface area contributed by atoms with Crippen molar-refractivity contribution in [3.8, 4) is 5.75 Å². The lowest BCUT2D eigenvalue weighted by molar-refractivity contribution is 0.0954. The summed E-state index contributed by atoms with van der Waals surface area (Å²) in [4.78, 5) is 12.3. The Bertz CT molecular complexity index is 983. The molecule has 5 heteroatoms. The highest BCUT2D eigenvalue weighted by atomic mass is 79.9. The molecule has 0 heterocycles. The van der Waals surface area contributed by atoms with Crippen LogP contribution < -0.4 is 10.2 Å².